The van der Waals surface area contributed by atoms with Gasteiger partial charge in [-0.25, -0.2) is 4.79 Å². The maximum atomic E-state index is 10.9. The van der Waals surface area contributed by atoms with Crippen molar-refractivity contribution in [3.8, 4) is 0 Å². The Morgan fingerprint density at radius 3 is 2.33 bits per heavy atom. The Morgan fingerprint density at radius 2 is 1.78 bits per heavy atom. The molecule has 0 amide bonds. The molecule has 1 aromatic carbocycles. The summed E-state index contributed by atoms with van der Waals surface area (Å²) in [5.41, 5.74) is 0.484. The van der Waals surface area contributed by atoms with Gasteiger partial charge in [-0.1, -0.05) is 30.3 Å². The van der Waals surface area contributed by atoms with Crippen LogP contribution in [0.3, 0.4) is 0 Å². The third-order valence-electron chi connectivity index (χ3n) is 2.83. The number of benzene rings is 1. The third kappa shape index (κ3) is 2.59. The molecule has 1 aromatic rings. The molecule has 0 aromatic heterocycles. The molecule has 0 spiro atoms. The van der Waals surface area contributed by atoms with Gasteiger partial charge in [0.1, 0.15) is 24.4 Å². The SMILES string of the molecule is O=C1C=C[C@@H]([C@@H](O)[C@H](O)[C@H](O)c2ccccc2)O1. The molecular weight excluding hydrogens is 236 g/mol. The first-order valence-corrected chi connectivity index (χ1v) is 5.57. The van der Waals surface area contributed by atoms with E-state index in [1.165, 1.54) is 12.2 Å². The molecule has 0 unspecified atom stereocenters. The van der Waals surface area contributed by atoms with Crippen LogP contribution in [0, 0.1) is 0 Å². The molecule has 0 saturated carbocycles. The molecule has 0 bridgehead atoms. The Balaban J connectivity index is 2.05. The number of esters is 1. The first-order valence-electron chi connectivity index (χ1n) is 5.57. The molecule has 5 nitrogen and oxygen atoms in total. The van der Waals surface area contributed by atoms with Crippen molar-refractivity contribution in [2.75, 3.05) is 0 Å². The van der Waals surface area contributed by atoms with Crippen LogP contribution in [-0.4, -0.2) is 39.6 Å². The van der Waals surface area contributed by atoms with Crippen LogP contribution in [0.2, 0.25) is 0 Å². The van der Waals surface area contributed by atoms with Crippen LogP contribution in [0.1, 0.15) is 11.7 Å². The summed E-state index contributed by atoms with van der Waals surface area (Å²) in [5.74, 6) is -0.569. The number of aliphatic hydroxyl groups excluding tert-OH is 3. The molecule has 18 heavy (non-hydrogen) atoms. The highest BCUT2D eigenvalue weighted by Crippen LogP contribution is 2.22. The molecule has 0 aliphatic carbocycles. The van der Waals surface area contributed by atoms with Gasteiger partial charge in [-0.15, -0.1) is 0 Å². The van der Waals surface area contributed by atoms with E-state index in [0.717, 1.165) is 0 Å². The van der Waals surface area contributed by atoms with Gasteiger partial charge < -0.3 is 20.1 Å². The van der Waals surface area contributed by atoms with Gasteiger partial charge in [0.05, 0.1) is 0 Å². The average Bonchev–Trinajstić information content (AvgIpc) is 2.84. The van der Waals surface area contributed by atoms with E-state index in [0.29, 0.717) is 5.56 Å². The summed E-state index contributed by atoms with van der Waals surface area (Å²) in [6, 6.07) is 8.48. The Labute approximate surface area is 104 Å². The normalized spacial score (nSPS) is 23.5. The second-order valence-electron chi connectivity index (χ2n) is 4.10. The van der Waals surface area contributed by atoms with Gasteiger partial charge in [0.25, 0.3) is 0 Å². The van der Waals surface area contributed by atoms with Crippen LogP contribution < -0.4 is 0 Å². The summed E-state index contributed by atoms with van der Waals surface area (Å²) in [4.78, 5) is 10.9. The molecule has 4 atom stereocenters. The summed E-state index contributed by atoms with van der Waals surface area (Å²) >= 11 is 0. The van der Waals surface area contributed by atoms with Crippen LogP contribution in [-0.2, 0) is 9.53 Å². The van der Waals surface area contributed by atoms with Gasteiger partial charge in [-0.05, 0) is 11.6 Å². The molecule has 2 rings (SSSR count). The molecule has 0 fully saturated rings. The largest absolute Gasteiger partial charge is 0.452 e. The minimum Gasteiger partial charge on any atom is -0.452 e. The number of hydrogen-bond acceptors (Lipinski definition) is 5. The van der Waals surface area contributed by atoms with Gasteiger partial charge in [-0.3, -0.25) is 0 Å². The standard InChI is InChI=1S/C13H14O5/c14-10-7-6-9(18-10)12(16)13(17)11(15)8-4-2-1-3-5-8/h1-7,9,11-13,15-17H/t9-,11+,12+,13+/m0/s1. The lowest BCUT2D eigenvalue weighted by atomic mass is 9.97. The van der Waals surface area contributed by atoms with Gasteiger partial charge >= 0.3 is 5.97 Å². The second kappa shape index (κ2) is 5.30. The van der Waals surface area contributed by atoms with Crippen molar-refractivity contribution in [1.29, 1.82) is 0 Å². The monoisotopic (exact) mass is 250 g/mol. The van der Waals surface area contributed by atoms with Crippen LogP contribution >= 0.6 is 0 Å². The predicted molar refractivity (Wildman–Crippen MR) is 62.4 cm³/mol. The Kier molecular flexibility index (Phi) is 3.76. The predicted octanol–water partition coefficient (Wildman–Crippen LogP) is -0.0766. The third-order valence-corrected chi connectivity index (χ3v) is 2.83. The van der Waals surface area contributed by atoms with Crippen molar-refractivity contribution >= 4 is 5.97 Å². The molecule has 96 valence electrons. The number of cyclic esters (lactones) is 1. The van der Waals surface area contributed by atoms with Gasteiger partial charge in [-0.2, -0.15) is 0 Å². The van der Waals surface area contributed by atoms with Crippen LogP contribution in [0.25, 0.3) is 0 Å². The zero-order valence-corrected chi connectivity index (χ0v) is 9.51. The van der Waals surface area contributed by atoms with E-state index in [2.05, 4.69) is 0 Å². The van der Waals surface area contributed by atoms with Crippen molar-refractivity contribution in [2.45, 2.75) is 24.4 Å². The molecule has 0 radical (unpaired) electrons. The summed E-state index contributed by atoms with van der Waals surface area (Å²) in [6.07, 6.45) is -2.45. The zero-order valence-electron chi connectivity index (χ0n) is 9.51. The highest BCUT2D eigenvalue weighted by molar-refractivity contribution is 5.84. The highest BCUT2D eigenvalue weighted by Gasteiger charge is 2.34. The van der Waals surface area contributed by atoms with E-state index in [1.54, 1.807) is 30.3 Å². The minimum absolute atomic E-state index is 0.484. The molecular formula is C13H14O5. The van der Waals surface area contributed by atoms with E-state index in [-0.39, 0.29) is 0 Å². The zero-order chi connectivity index (χ0) is 13.1. The van der Waals surface area contributed by atoms with Gasteiger partial charge in [0.15, 0.2) is 0 Å². The summed E-state index contributed by atoms with van der Waals surface area (Å²) < 4.78 is 4.76. The molecule has 1 heterocycles. The molecule has 0 saturated heterocycles. The lowest BCUT2D eigenvalue weighted by molar-refractivity contribution is -0.150. The van der Waals surface area contributed by atoms with Crippen molar-refractivity contribution in [2.24, 2.45) is 0 Å². The number of carbonyl (C=O) groups excluding carboxylic acids is 1. The van der Waals surface area contributed by atoms with Crippen molar-refractivity contribution < 1.29 is 24.9 Å². The second-order valence-corrected chi connectivity index (χ2v) is 4.10. The number of carbonyl (C=O) groups is 1. The van der Waals surface area contributed by atoms with E-state index in [4.69, 9.17) is 4.74 Å². The van der Waals surface area contributed by atoms with Crippen LogP contribution in [0.15, 0.2) is 42.5 Å². The average molecular weight is 250 g/mol. The quantitative estimate of drug-likeness (QED) is 0.651. The smallest absolute Gasteiger partial charge is 0.331 e. The Morgan fingerprint density at radius 1 is 1.11 bits per heavy atom. The number of hydrogen-bond donors (Lipinski definition) is 3. The van der Waals surface area contributed by atoms with Crippen molar-refractivity contribution in [3.05, 3.63) is 48.0 Å². The Bertz CT molecular complexity index is 442. The van der Waals surface area contributed by atoms with E-state index >= 15 is 0 Å². The fourth-order valence-corrected chi connectivity index (χ4v) is 1.80. The van der Waals surface area contributed by atoms with E-state index in [1.807, 2.05) is 0 Å². The van der Waals surface area contributed by atoms with Gasteiger partial charge in [0.2, 0.25) is 0 Å². The topological polar surface area (TPSA) is 87.0 Å². The lowest BCUT2D eigenvalue weighted by Gasteiger charge is -2.25. The molecule has 1 aliphatic rings. The van der Waals surface area contributed by atoms with Gasteiger partial charge in [0, 0.05) is 6.08 Å². The van der Waals surface area contributed by atoms with Crippen LogP contribution in [0.5, 0.6) is 0 Å². The summed E-state index contributed by atoms with van der Waals surface area (Å²) in [7, 11) is 0. The number of aliphatic hydroxyl groups is 3. The highest BCUT2D eigenvalue weighted by atomic mass is 16.6. The summed E-state index contributed by atoms with van der Waals surface area (Å²) in [6.45, 7) is 0. The van der Waals surface area contributed by atoms with Crippen molar-refractivity contribution in [3.63, 3.8) is 0 Å². The van der Waals surface area contributed by atoms with Crippen LogP contribution in [0.4, 0.5) is 0 Å². The first-order chi connectivity index (χ1) is 8.59. The summed E-state index contributed by atoms with van der Waals surface area (Å²) in [5, 5.41) is 29.6. The van der Waals surface area contributed by atoms with E-state index in [9.17, 15) is 20.1 Å². The fourth-order valence-electron chi connectivity index (χ4n) is 1.80. The minimum atomic E-state index is -1.44. The molecule has 3 N–H and O–H groups in total. The maximum absolute atomic E-state index is 10.9. The molecule has 1 aliphatic heterocycles. The lowest BCUT2D eigenvalue weighted by Crippen LogP contribution is -2.40. The number of rotatable bonds is 4. The fraction of sp³-hybridized carbons (Fsp3) is 0.308. The maximum Gasteiger partial charge on any atom is 0.331 e. The Hall–Kier alpha value is -1.69. The number of ether oxygens (including phenoxy) is 1. The first kappa shape index (κ1) is 12.8. The van der Waals surface area contributed by atoms with E-state index < -0.39 is 30.4 Å². The molecule has 5 heteroatoms. The van der Waals surface area contributed by atoms with Crippen molar-refractivity contribution in [1.82, 2.24) is 0 Å².